The molecule has 2 aromatic rings. The predicted molar refractivity (Wildman–Crippen MR) is 110 cm³/mol. The summed E-state index contributed by atoms with van der Waals surface area (Å²) in [4.78, 5) is 12.6. The fourth-order valence-corrected chi connectivity index (χ4v) is 3.76. The molecule has 0 saturated heterocycles. The van der Waals surface area contributed by atoms with E-state index in [9.17, 15) is 13.2 Å². The number of sulfonamides is 1. The van der Waals surface area contributed by atoms with Crippen molar-refractivity contribution in [3.8, 4) is 0 Å². The van der Waals surface area contributed by atoms with E-state index in [-0.39, 0.29) is 18.5 Å². The van der Waals surface area contributed by atoms with Gasteiger partial charge < -0.3 is 5.32 Å². The monoisotopic (exact) mass is 388 g/mol. The van der Waals surface area contributed by atoms with E-state index >= 15 is 0 Å². The molecule has 0 unspecified atom stereocenters. The van der Waals surface area contributed by atoms with Crippen molar-refractivity contribution in [2.75, 3.05) is 17.1 Å². The average molecular weight is 389 g/mol. The van der Waals surface area contributed by atoms with E-state index in [1.807, 2.05) is 49.4 Å². The van der Waals surface area contributed by atoms with E-state index in [0.29, 0.717) is 11.6 Å². The van der Waals surface area contributed by atoms with Crippen molar-refractivity contribution in [3.05, 3.63) is 65.7 Å². The van der Waals surface area contributed by atoms with Crippen LogP contribution in [0, 0.1) is 0 Å². The van der Waals surface area contributed by atoms with Gasteiger partial charge in [-0.1, -0.05) is 63.2 Å². The number of amides is 1. The zero-order chi connectivity index (χ0) is 20.0. The highest BCUT2D eigenvalue weighted by atomic mass is 32.2. The molecule has 0 aliphatic heterocycles. The lowest BCUT2D eigenvalue weighted by Gasteiger charge is -2.24. The Bertz CT molecular complexity index is 847. The van der Waals surface area contributed by atoms with E-state index in [1.54, 1.807) is 12.1 Å². The fraction of sp³-hybridized carbons (Fsp3) is 0.381. The van der Waals surface area contributed by atoms with Crippen molar-refractivity contribution in [2.24, 2.45) is 0 Å². The minimum atomic E-state index is -3.58. The minimum Gasteiger partial charge on any atom is -0.348 e. The van der Waals surface area contributed by atoms with Gasteiger partial charge in [0, 0.05) is 0 Å². The molecule has 146 valence electrons. The lowest BCUT2D eigenvalue weighted by Crippen LogP contribution is -2.41. The summed E-state index contributed by atoms with van der Waals surface area (Å²) in [5.74, 6) is 0.0225. The zero-order valence-corrected chi connectivity index (χ0v) is 17.2. The highest BCUT2D eigenvalue weighted by Crippen LogP contribution is 2.22. The number of anilines is 1. The molecule has 6 heteroatoms. The normalized spacial score (nSPS) is 12.6. The van der Waals surface area contributed by atoms with Crippen LogP contribution in [0.25, 0.3) is 0 Å². The van der Waals surface area contributed by atoms with Gasteiger partial charge in [-0.25, -0.2) is 8.42 Å². The smallest absolute Gasteiger partial charge is 0.241 e. The maximum Gasteiger partial charge on any atom is 0.241 e. The van der Waals surface area contributed by atoms with Gasteiger partial charge in [0.1, 0.15) is 6.54 Å². The number of hydrogen-bond acceptors (Lipinski definition) is 3. The Labute approximate surface area is 162 Å². The first kappa shape index (κ1) is 21.0. The third kappa shape index (κ3) is 5.82. The summed E-state index contributed by atoms with van der Waals surface area (Å²) in [6.07, 6.45) is 1.84. The number of carbonyl (C=O) groups is 1. The largest absolute Gasteiger partial charge is 0.348 e. The molecular weight excluding hydrogens is 360 g/mol. The summed E-state index contributed by atoms with van der Waals surface area (Å²) in [6.45, 7) is 5.89. The third-order valence-electron chi connectivity index (χ3n) is 4.48. The lowest BCUT2D eigenvalue weighted by molar-refractivity contribution is -0.120. The van der Waals surface area contributed by atoms with Crippen LogP contribution in [-0.2, 0) is 14.8 Å². The molecule has 1 atom stereocenters. The molecule has 0 radical (unpaired) electrons. The molecule has 2 rings (SSSR count). The molecule has 1 N–H and O–H groups in total. The van der Waals surface area contributed by atoms with Gasteiger partial charge in [-0.05, 0) is 35.6 Å². The molecule has 0 aliphatic rings. The number of nitrogens with zero attached hydrogens (tertiary/aromatic N) is 1. The average Bonchev–Trinajstić information content (AvgIpc) is 2.64. The summed E-state index contributed by atoms with van der Waals surface area (Å²) in [6, 6.07) is 16.8. The van der Waals surface area contributed by atoms with E-state index < -0.39 is 10.0 Å². The second-order valence-electron chi connectivity index (χ2n) is 6.95. The Hall–Kier alpha value is -2.34. The molecule has 5 nitrogen and oxygen atoms in total. The van der Waals surface area contributed by atoms with Crippen molar-refractivity contribution in [1.29, 1.82) is 0 Å². The standard InChI is InChI=1S/C21H28N2O3S/c1-5-20(18-9-7-6-8-10-18)22-21(24)15-23(27(4,25)26)19-13-11-17(12-14-19)16(2)3/h6-14,16,20H,5,15H2,1-4H3,(H,22,24)/t20-/m0/s1. The maximum atomic E-state index is 12.6. The SMILES string of the molecule is CC[C@H](NC(=O)CN(c1ccc(C(C)C)cc1)S(C)(=O)=O)c1ccccc1. The summed E-state index contributed by atoms with van der Waals surface area (Å²) >= 11 is 0. The Balaban J connectivity index is 2.17. The summed E-state index contributed by atoms with van der Waals surface area (Å²) in [5.41, 5.74) is 2.61. The lowest BCUT2D eigenvalue weighted by atomic mass is 10.0. The van der Waals surface area contributed by atoms with E-state index in [4.69, 9.17) is 0 Å². The molecule has 0 saturated carbocycles. The number of carbonyl (C=O) groups excluding carboxylic acids is 1. The number of nitrogens with one attached hydrogen (secondary N) is 1. The maximum absolute atomic E-state index is 12.6. The molecule has 0 spiro atoms. The first-order valence-corrected chi connectivity index (χ1v) is 11.0. The van der Waals surface area contributed by atoms with Crippen LogP contribution in [0.2, 0.25) is 0 Å². The Morgan fingerprint density at radius 1 is 1.00 bits per heavy atom. The van der Waals surface area contributed by atoms with Gasteiger partial charge in [0.25, 0.3) is 0 Å². The van der Waals surface area contributed by atoms with Crippen molar-refractivity contribution < 1.29 is 13.2 Å². The van der Waals surface area contributed by atoms with Crippen LogP contribution in [0.1, 0.15) is 50.3 Å². The van der Waals surface area contributed by atoms with Gasteiger partial charge in [0.15, 0.2) is 0 Å². The van der Waals surface area contributed by atoms with Gasteiger partial charge in [-0.3, -0.25) is 9.10 Å². The summed E-state index contributed by atoms with van der Waals surface area (Å²) in [7, 11) is -3.58. The number of benzene rings is 2. The zero-order valence-electron chi connectivity index (χ0n) is 16.3. The van der Waals surface area contributed by atoms with Crippen molar-refractivity contribution in [2.45, 2.75) is 39.2 Å². The predicted octanol–water partition coefficient (Wildman–Crippen LogP) is 3.84. The highest BCUT2D eigenvalue weighted by Gasteiger charge is 2.22. The second-order valence-corrected chi connectivity index (χ2v) is 8.86. The molecule has 0 bridgehead atoms. The Kier molecular flexibility index (Phi) is 7.02. The van der Waals surface area contributed by atoms with Gasteiger partial charge >= 0.3 is 0 Å². The van der Waals surface area contributed by atoms with Gasteiger partial charge in [0.05, 0.1) is 18.0 Å². The Morgan fingerprint density at radius 2 is 1.59 bits per heavy atom. The topological polar surface area (TPSA) is 66.5 Å². The molecule has 1 amide bonds. The van der Waals surface area contributed by atoms with Crippen molar-refractivity contribution in [3.63, 3.8) is 0 Å². The van der Waals surface area contributed by atoms with Gasteiger partial charge in [-0.2, -0.15) is 0 Å². The number of hydrogen-bond donors (Lipinski definition) is 1. The van der Waals surface area contributed by atoms with Crippen LogP contribution in [0.3, 0.4) is 0 Å². The molecule has 0 aliphatic carbocycles. The third-order valence-corrected chi connectivity index (χ3v) is 5.62. The van der Waals surface area contributed by atoms with Gasteiger partial charge in [-0.15, -0.1) is 0 Å². The summed E-state index contributed by atoms with van der Waals surface area (Å²) in [5, 5.41) is 2.94. The van der Waals surface area contributed by atoms with Crippen molar-refractivity contribution in [1.82, 2.24) is 5.32 Å². The van der Waals surface area contributed by atoms with E-state index in [2.05, 4.69) is 19.2 Å². The van der Waals surface area contributed by atoms with Crippen LogP contribution >= 0.6 is 0 Å². The van der Waals surface area contributed by atoms with E-state index in [0.717, 1.165) is 28.1 Å². The van der Waals surface area contributed by atoms with Crippen LogP contribution in [0.5, 0.6) is 0 Å². The first-order chi connectivity index (χ1) is 12.7. The molecule has 2 aromatic carbocycles. The molecular formula is C21H28N2O3S. The highest BCUT2D eigenvalue weighted by molar-refractivity contribution is 7.92. The van der Waals surface area contributed by atoms with Gasteiger partial charge in [0.2, 0.25) is 15.9 Å². The first-order valence-electron chi connectivity index (χ1n) is 9.14. The summed E-state index contributed by atoms with van der Waals surface area (Å²) < 4.78 is 25.7. The molecule has 0 aromatic heterocycles. The quantitative estimate of drug-likeness (QED) is 0.747. The molecule has 27 heavy (non-hydrogen) atoms. The minimum absolute atomic E-state index is 0.150. The fourth-order valence-electron chi connectivity index (χ4n) is 2.90. The van der Waals surface area contributed by atoms with Crippen LogP contribution in [0.15, 0.2) is 54.6 Å². The molecule has 0 fully saturated rings. The Morgan fingerprint density at radius 3 is 2.07 bits per heavy atom. The van der Waals surface area contributed by atoms with E-state index in [1.165, 1.54) is 0 Å². The van der Waals surface area contributed by atoms with Crippen LogP contribution in [-0.4, -0.2) is 27.1 Å². The van der Waals surface area contributed by atoms with Crippen molar-refractivity contribution >= 4 is 21.6 Å². The molecule has 0 heterocycles. The van der Waals surface area contributed by atoms with Crippen LogP contribution in [0.4, 0.5) is 5.69 Å². The number of rotatable bonds is 8. The van der Waals surface area contributed by atoms with Crippen LogP contribution < -0.4 is 9.62 Å². The second kappa shape index (κ2) is 9.04.